The van der Waals surface area contributed by atoms with E-state index in [2.05, 4.69) is 6.58 Å². The normalized spacial score (nSPS) is 49.0. The SMILES string of the molecule is C=C1C(C)CCC2(C)C3=C(C(=O)C4(CC4C)C(O)C3=O)C(OC=O)C(O)C12. The van der Waals surface area contributed by atoms with Crippen LogP contribution in [-0.4, -0.2) is 46.6 Å². The highest BCUT2D eigenvalue weighted by atomic mass is 16.5. The lowest BCUT2D eigenvalue weighted by molar-refractivity contribution is -0.152. The zero-order valence-electron chi connectivity index (χ0n) is 15.9. The topological polar surface area (TPSA) is 101 Å². The second-order valence-electron chi connectivity index (χ2n) is 9.08. The van der Waals surface area contributed by atoms with E-state index in [-0.39, 0.29) is 35.2 Å². The van der Waals surface area contributed by atoms with Crippen molar-refractivity contribution in [2.75, 3.05) is 0 Å². The molecular formula is C21H26O6. The van der Waals surface area contributed by atoms with Crippen LogP contribution < -0.4 is 0 Å². The highest BCUT2D eigenvalue weighted by molar-refractivity contribution is 6.19. The van der Waals surface area contributed by atoms with Crippen molar-refractivity contribution in [1.82, 2.24) is 0 Å². The minimum Gasteiger partial charge on any atom is -0.457 e. The van der Waals surface area contributed by atoms with Gasteiger partial charge in [0.25, 0.3) is 6.47 Å². The van der Waals surface area contributed by atoms with Gasteiger partial charge in [0.15, 0.2) is 17.7 Å². The molecule has 0 saturated heterocycles. The zero-order chi connectivity index (χ0) is 19.9. The van der Waals surface area contributed by atoms with Gasteiger partial charge >= 0.3 is 0 Å². The first kappa shape index (κ1) is 18.6. The van der Waals surface area contributed by atoms with Gasteiger partial charge in [0, 0.05) is 22.5 Å². The Bertz CT molecular complexity index is 796. The lowest BCUT2D eigenvalue weighted by Gasteiger charge is -2.55. The van der Waals surface area contributed by atoms with Gasteiger partial charge in [-0.3, -0.25) is 14.4 Å². The zero-order valence-corrected chi connectivity index (χ0v) is 15.9. The fourth-order valence-corrected chi connectivity index (χ4v) is 6.00. The minimum atomic E-state index is -1.38. The van der Waals surface area contributed by atoms with Gasteiger partial charge in [0.05, 0.1) is 5.41 Å². The molecule has 4 aliphatic carbocycles. The summed E-state index contributed by atoms with van der Waals surface area (Å²) < 4.78 is 5.17. The molecule has 1 spiro atoms. The summed E-state index contributed by atoms with van der Waals surface area (Å²) in [5.41, 5.74) is -0.830. The molecule has 8 unspecified atom stereocenters. The predicted molar refractivity (Wildman–Crippen MR) is 95.3 cm³/mol. The second kappa shape index (κ2) is 5.61. The molecule has 0 heterocycles. The van der Waals surface area contributed by atoms with E-state index in [1.807, 2.05) is 20.8 Å². The second-order valence-corrected chi connectivity index (χ2v) is 9.08. The van der Waals surface area contributed by atoms with Crippen molar-refractivity contribution in [3.05, 3.63) is 23.3 Å². The molecule has 146 valence electrons. The van der Waals surface area contributed by atoms with Crippen LogP contribution in [0.5, 0.6) is 0 Å². The van der Waals surface area contributed by atoms with Gasteiger partial charge in [0.2, 0.25) is 0 Å². The van der Waals surface area contributed by atoms with E-state index in [9.17, 15) is 24.6 Å². The molecule has 0 radical (unpaired) electrons. The molecule has 0 aromatic carbocycles. The minimum absolute atomic E-state index is 0.0929. The van der Waals surface area contributed by atoms with Crippen LogP contribution in [0.15, 0.2) is 23.3 Å². The van der Waals surface area contributed by atoms with Gasteiger partial charge in [-0.05, 0) is 31.1 Å². The highest BCUT2D eigenvalue weighted by Crippen LogP contribution is 2.65. The van der Waals surface area contributed by atoms with Crippen LogP contribution in [0.25, 0.3) is 0 Å². The molecule has 4 rings (SSSR count). The average molecular weight is 374 g/mol. The maximum atomic E-state index is 13.4. The summed E-state index contributed by atoms with van der Waals surface area (Å²) in [6.45, 7) is 10.0. The summed E-state index contributed by atoms with van der Waals surface area (Å²) in [5.74, 6) is -1.31. The Morgan fingerprint density at radius 3 is 2.44 bits per heavy atom. The van der Waals surface area contributed by atoms with E-state index < -0.39 is 40.8 Å². The van der Waals surface area contributed by atoms with Gasteiger partial charge < -0.3 is 14.9 Å². The molecular weight excluding hydrogens is 348 g/mol. The van der Waals surface area contributed by atoms with Gasteiger partial charge in [-0.25, -0.2) is 0 Å². The number of Topliss-reactive ketones (excluding diaryl/α,β-unsaturated/α-hetero) is 2. The molecule has 8 atom stereocenters. The molecule has 2 fully saturated rings. The Balaban J connectivity index is 1.97. The number of fused-ring (bicyclic) bond motifs is 2. The maximum Gasteiger partial charge on any atom is 0.293 e. The predicted octanol–water partition coefficient (Wildman–Crippen LogP) is 1.35. The van der Waals surface area contributed by atoms with Crippen LogP contribution in [0, 0.1) is 28.6 Å². The fraction of sp³-hybridized carbons (Fsp3) is 0.667. The summed E-state index contributed by atoms with van der Waals surface area (Å²) in [7, 11) is 0. The van der Waals surface area contributed by atoms with E-state index in [0.29, 0.717) is 12.8 Å². The summed E-state index contributed by atoms with van der Waals surface area (Å²) in [5, 5.41) is 21.9. The summed E-state index contributed by atoms with van der Waals surface area (Å²) in [4.78, 5) is 37.8. The number of carbonyl (C=O) groups is 3. The standard InChI is InChI=1S/C21H26O6/c1-9-5-6-20(4)13(11(9)3)15(23)17(27-8-22)12-14(20)16(24)19(26)21(18(12)25)7-10(21)2/h8-10,13,15,17,19,23,26H,3,5-7H2,1-2,4H3. The number of rotatable bonds is 2. The van der Waals surface area contributed by atoms with Gasteiger partial charge in [-0.2, -0.15) is 0 Å². The first-order valence-electron chi connectivity index (χ1n) is 9.60. The molecule has 0 aromatic rings. The third kappa shape index (κ3) is 2.06. The van der Waals surface area contributed by atoms with E-state index in [0.717, 1.165) is 12.0 Å². The van der Waals surface area contributed by atoms with Gasteiger partial charge in [-0.15, -0.1) is 0 Å². The highest BCUT2D eigenvalue weighted by Gasteiger charge is 2.71. The van der Waals surface area contributed by atoms with Crippen LogP contribution in [-0.2, 0) is 19.1 Å². The molecule has 0 aromatic heterocycles. The van der Waals surface area contributed by atoms with Crippen LogP contribution in [0.2, 0.25) is 0 Å². The molecule has 6 nitrogen and oxygen atoms in total. The third-order valence-corrected chi connectivity index (χ3v) is 7.81. The van der Waals surface area contributed by atoms with Crippen LogP contribution in [0.3, 0.4) is 0 Å². The number of ketones is 2. The van der Waals surface area contributed by atoms with E-state index >= 15 is 0 Å². The number of ether oxygens (including phenoxy) is 1. The summed E-state index contributed by atoms with van der Waals surface area (Å²) >= 11 is 0. The maximum absolute atomic E-state index is 13.4. The first-order chi connectivity index (χ1) is 12.6. The van der Waals surface area contributed by atoms with E-state index in [4.69, 9.17) is 4.74 Å². The van der Waals surface area contributed by atoms with Crippen molar-refractivity contribution >= 4 is 18.0 Å². The van der Waals surface area contributed by atoms with Crippen molar-refractivity contribution in [2.24, 2.45) is 28.6 Å². The Labute approximate surface area is 158 Å². The third-order valence-electron chi connectivity index (χ3n) is 7.81. The van der Waals surface area contributed by atoms with Gasteiger partial charge in [0.1, 0.15) is 12.2 Å². The van der Waals surface area contributed by atoms with Crippen LogP contribution >= 0.6 is 0 Å². The van der Waals surface area contributed by atoms with Crippen molar-refractivity contribution in [2.45, 2.75) is 58.3 Å². The molecule has 0 aliphatic heterocycles. The molecule has 0 bridgehead atoms. The summed E-state index contributed by atoms with van der Waals surface area (Å²) in [6.07, 6.45) is -1.94. The van der Waals surface area contributed by atoms with Crippen molar-refractivity contribution in [3.8, 4) is 0 Å². The van der Waals surface area contributed by atoms with Crippen molar-refractivity contribution in [3.63, 3.8) is 0 Å². The van der Waals surface area contributed by atoms with Crippen molar-refractivity contribution in [1.29, 1.82) is 0 Å². The Morgan fingerprint density at radius 2 is 1.89 bits per heavy atom. The number of hydrogen-bond acceptors (Lipinski definition) is 6. The smallest absolute Gasteiger partial charge is 0.293 e. The Hall–Kier alpha value is -1.79. The fourth-order valence-electron chi connectivity index (χ4n) is 6.00. The van der Waals surface area contributed by atoms with Gasteiger partial charge in [-0.1, -0.05) is 32.9 Å². The molecule has 6 heteroatoms. The number of carbonyl (C=O) groups excluding carboxylic acids is 3. The van der Waals surface area contributed by atoms with Crippen LogP contribution in [0.4, 0.5) is 0 Å². The van der Waals surface area contributed by atoms with E-state index in [1.165, 1.54) is 0 Å². The quantitative estimate of drug-likeness (QED) is 0.559. The van der Waals surface area contributed by atoms with Crippen LogP contribution in [0.1, 0.15) is 40.0 Å². The first-order valence-corrected chi connectivity index (χ1v) is 9.60. The number of aliphatic hydroxyl groups excluding tert-OH is 2. The number of aliphatic hydroxyl groups is 2. The average Bonchev–Trinajstić information content (AvgIpc) is 3.29. The lowest BCUT2D eigenvalue weighted by Crippen LogP contribution is -2.60. The molecule has 27 heavy (non-hydrogen) atoms. The number of hydrogen-bond donors (Lipinski definition) is 2. The van der Waals surface area contributed by atoms with E-state index in [1.54, 1.807) is 0 Å². The molecule has 2 saturated carbocycles. The van der Waals surface area contributed by atoms with Crippen molar-refractivity contribution < 1.29 is 29.3 Å². The lowest BCUT2D eigenvalue weighted by atomic mass is 9.50. The Morgan fingerprint density at radius 1 is 1.26 bits per heavy atom. The molecule has 4 aliphatic rings. The largest absolute Gasteiger partial charge is 0.457 e. The monoisotopic (exact) mass is 374 g/mol. The molecule has 0 amide bonds. The molecule has 2 N–H and O–H groups in total. The summed E-state index contributed by atoms with van der Waals surface area (Å²) in [6, 6.07) is 0. The Kier molecular flexibility index (Phi) is 3.86.